The first-order chi connectivity index (χ1) is 8.56. The smallest absolute Gasteiger partial charge is 0.0906 e. The molecule has 1 aliphatic rings. The van der Waals surface area contributed by atoms with Gasteiger partial charge in [0.15, 0.2) is 0 Å². The maximum Gasteiger partial charge on any atom is 0.0906 e. The zero-order valence-corrected chi connectivity index (χ0v) is 11.1. The molecular formula is C15H19N3. The molecule has 0 fully saturated rings. The van der Waals surface area contributed by atoms with E-state index >= 15 is 0 Å². The van der Waals surface area contributed by atoms with Crippen LogP contribution in [0.4, 0.5) is 5.69 Å². The van der Waals surface area contributed by atoms with Crippen LogP contribution in [-0.4, -0.2) is 11.8 Å². The van der Waals surface area contributed by atoms with Gasteiger partial charge < -0.3 is 5.32 Å². The molecule has 0 atom stereocenters. The van der Waals surface area contributed by atoms with Gasteiger partial charge in [-0.3, -0.25) is 5.43 Å². The molecule has 0 spiro atoms. The first-order valence-electron chi connectivity index (χ1n) is 6.14. The number of rotatable bonds is 3. The minimum atomic E-state index is 0.437. The van der Waals surface area contributed by atoms with Gasteiger partial charge >= 0.3 is 0 Å². The second kappa shape index (κ2) is 5.08. The van der Waals surface area contributed by atoms with Crippen LogP contribution in [0.1, 0.15) is 25.0 Å². The third-order valence-electron chi connectivity index (χ3n) is 2.73. The normalized spacial score (nSPS) is 14.4. The lowest BCUT2D eigenvalue weighted by Gasteiger charge is -2.15. The summed E-state index contributed by atoms with van der Waals surface area (Å²) in [6, 6.07) is 6.76. The minimum absolute atomic E-state index is 0.437. The molecule has 0 radical (unpaired) electrons. The molecule has 94 valence electrons. The van der Waals surface area contributed by atoms with Gasteiger partial charge in [0.05, 0.1) is 5.71 Å². The lowest BCUT2D eigenvalue weighted by molar-refractivity contribution is 0.897. The van der Waals surface area contributed by atoms with Crippen LogP contribution in [0.5, 0.6) is 0 Å². The van der Waals surface area contributed by atoms with Crippen molar-refractivity contribution in [2.75, 3.05) is 5.32 Å². The Morgan fingerprint density at radius 1 is 1.28 bits per heavy atom. The van der Waals surface area contributed by atoms with Crippen LogP contribution >= 0.6 is 0 Å². The van der Waals surface area contributed by atoms with E-state index in [-0.39, 0.29) is 0 Å². The average Bonchev–Trinajstić information content (AvgIpc) is 2.32. The average molecular weight is 241 g/mol. The van der Waals surface area contributed by atoms with Gasteiger partial charge in [-0.05, 0) is 50.6 Å². The highest BCUT2D eigenvalue weighted by atomic mass is 15.3. The first-order valence-corrected chi connectivity index (χ1v) is 6.14. The minimum Gasteiger partial charge on any atom is -0.383 e. The van der Waals surface area contributed by atoms with E-state index in [4.69, 9.17) is 0 Å². The molecule has 2 rings (SSSR count). The molecule has 2 N–H and O–H groups in total. The molecule has 3 heteroatoms. The van der Waals surface area contributed by atoms with Crippen LogP contribution in [0.2, 0.25) is 0 Å². The van der Waals surface area contributed by atoms with Crippen molar-refractivity contribution < 1.29 is 0 Å². The van der Waals surface area contributed by atoms with Gasteiger partial charge in [-0.1, -0.05) is 12.6 Å². The van der Waals surface area contributed by atoms with Crippen molar-refractivity contribution in [3.05, 3.63) is 53.8 Å². The highest BCUT2D eigenvalue weighted by Crippen LogP contribution is 2.19. The zero-order chi connectivity index (χ0) is 13.1. The number of nitrogens with one attached hydrogen (secondary N) is 2. The van der Waals surface area contributed by atoms with E-state index in [0.717, 1.165) is 17.0 Å². The molecule has 1 aromatic carbocycles. The van der Waals surface area contributed by atoms with Crippen molar-refractivity contribution in [2.45, 2.75) is 26.8 Å². The number of hydrazone groups is 1. The molecule has 18 heavy (non-hydrogen) atoms. The Morgan fingerprint density at radius 2 is 2.06 bits per heavy atom. The Bertz CT molecular complexity index is 525. The van der Waals surface area contributed by atoms with Crippen molar-refractivity contribution in [3.8, 4) is 0 Å². The van der Waals surface area contributed by atoms with E-state index in [0.29, 0.717) is 6.04 Å². The largest absolute Gasteiger partial charge is 0.383 e. The van der Waals surface area contributed by atoms with Crippen LogP contribution in [0, 0.1) is 6.92 Å². The Morgan fingerprint density at radius 3 is 2.61 bits per heavy atom. The van der Waals surface area contributed by atoms with Crippen molar-refractivity contribution >= 4 is 11.4 Å². The van der Waals surface area contributed by atoms with Crippen molar-refractivity contribution in [1.29, 1.82) is 0 Å². The third kappa shape index (κ3) is 2.80. The van der Waals surface area contributed by atoms with E-state index in [1.807, 2.05) is 12.2 Å². The monoisotopic (exact) mass is 241 g/mol. The summed E-state index contributed by atoms with van der Waals surface area (Å²) in [5, 5.41) is 7.69. The molecule has 1 heterocycles. The summed E-state index contributed by atoms with van der Waals surface area (Å²) >= 11 is 0. The van der Waals surface area contributed by atoms with E-state index in [9.17, 15) is 0 Å². The lowest BCUT2D eigenvalue weighted by atomic mass is 10.0. The highest BCUT2D eigenvalue weighted by Gasteiger charge is 2.07. The number of allylic oxidation sites excluding steroid dienone is 2. The molecule has 0 aliphatic carbocycles. The Kier molecular flexibility index (Phi) is 3.51. The van der Waals surface area contributed by atoms with E-state index in [1.165, 1.54) is 11.3 Å². The fourth-order valence-corrected chi connectivity index (χ4v) is 1.84. The third-order valence-corrected chi connectivity index (χ3v) is 2.73. The summed E-state index contributed by atoms with van der Waals surface area (Å²) in [5.74, 6) is 0. The molecule has 0 saturated carbocycles. The maximum absolute atomic E-state index is 4.27. The van der Waals surface area contributed by atoms with Gasteiger partial charge in [0.2, 0.25) is 0 Å². The molecule has 1 aliphatic heterocycles. The van der Waals surface area contributed by atoms with E-state index < -0.39 is 0 Å². The zero-order valence-electron chi connectivity index (χ0n) is 11.1. The van der Waals surface area contributed by atoms with E-state index in [2.05, 4.69) is 61.4 Å². The molecule has 0 unspecified atom stereocenters. The Hall–Kier alpha value is -2.03. The van der Waals surface area contributed by atoms with Crippen LogP contribution in [0.15, 0.2) is 47.7 Å². The van der Waals surface area contributed by atoms with Gasteiger partial charge in [-0.15, -0.1) is 0 Å². The number of hydrogen-bond acceptors (Lipinski definition) is 3. The number of hydrogen-bond donors (Lipinski definition) is 2. The van der Waals surface area contributed by atoms with Gasteiger partial charge in [0.25, 0.3) is 0 Å². The second-order valence-electron chi connectivity index (χ2n) is 4.80. The molecule has 0 aromatic heterocycles. The summed E-state index contributed by atoms with van der Waals surface area (Å²) in [7, 11) is 0. The quantitative estimate of drug-likeness (QED) is 0.852. The van der Waals surface area contributed by atoms with Crippen LogP contribution in [-0.2, 0) is 0 Å². The van der Waals surface area contributed by atoms with Crippen molar-refractivity contribution in [1.82, 2.24) is 5.43 Å². The molecule has 0 saturated heterocycles. The van der Waals surface area contributed by atoms with Crippen molar-refractivity contribution in [3.63, 3.8) is 0 Å². The first kappa shape index (κ1) is 12.4. The predicted molar refractivity (Wildman–Crippen MR) is 77.9 cm³/mol. The molecule has 0 amide bonds. The number of anilines is 1. The predicted octanol–water partition coefficient (Wildman–Crippen LogP) is 3.19. The standard InChI is InChI=1S/C15H19N3/c1-10(2)16-14-8-6-13(9-11(14)3)15-7-5-12(4)17-18-15/h5-10,16-17H,4H2,1-3H3. The van der Waals surface area contributed by atoms with Gasteiger partial charge in [0.1, 0.15) is 0 Å². The number of benzene rings is 1. The van der Waals surface area contributed by atoms with Crippen LogP contribution in [0.25, 0.3) is 0 Å². The SMILES string of the molecule is C=C1C=CC(c2ccc(NC(C)C)c(C)c2)=NN1. The number of nitrogens with zero attached hydrogens (tertiary/aromatic N) is 1. The number of aryl methyl sites for hydroxylation is 1. The fourth-order valence-electron chi connectivity index (χ4n) is 1.84. The Balaban J connectivity index is 2.24. The van der Waals surface area contributed by atoms with Crippen LogP contribution in [0.3, 0.4) is 0 Å². The Labute approximate surface area is 108 Å². The second-order valence-corrected chi connectivity index (χ2v) is 4.80. The van der Waals surface area contributed by atoms with E-state index in [1.54, 1.807) is 0 Å². The summed E-state index contributed by atoms with van der Waals surface area (Å²) in [6.07, 6.45) is 3.90. The lowest BCUT2D eigenvalue weighted by Crippen LogP contribution is -2.14. The summed E-state index contributed by atoms with van der Waals surface area (Å²) < 4.78 is 0. The van der Waals surface area contributed by atoms with Gasteiger partial charge in [0, 0.05) is 23.0 Å². The maximum atomic E-state index is 4.27. The molecular weight excluding hydrogens is 222 g/mol. The topological polar surface area (TPSA) is 36.4 Å². The molecule has 0 bridgehead atoms. The highest BCUT2D eigenvalue weighted by molar-refractivity contribution is 6.09. The van der Waals surface area contributed by atoms with Gasteiger partial charge in [-0.25, -0.2) is 0 Å². The fraction of sp³-hybridized carbons (Fsp3) is 0.267. The summed E-state index contributed by atoms with van der Waals surface area (Å²) in [4.78, 5) is 0. The van der Waals surface area contributed by atoms with Crippen molar-refractivity contribution in [2.24, 2.45) is 5.10 Å². The summed E-state index contributed by atoms with van der Waals surface area (Å²) in [6.45, 7) is 10.2. The van der Waals surface area contributed by atoms with Gasteiger partial charge in [-0.2, -0.15) is 5.10 Å². The molecule has 3 nitrogen and oxygen atoms in total. The van der Waals surface area contributed by atoms with Crippen LogP contribution < -0.4 is 10.7 Å². The molecule has 1 aromatic rings. The summed E-state index contributed by atoms with van der Waals surface area (Å²) in [5.41, 5.74) is 8.14.